The number of benzene rings is 1. The van der Waals surface area contributed by atoms with Gasteiger partial charge in [0.05, 0.1) is 7.11 Å². The van der Waals surface area contributed by atoms with Gasteiger partial charge in [-0.3, -0.25) is 0 Å². The van der Waals surface area contributed by atoms with E-state index in [2.05, 4.69) is 29.1 Å². The summed E-state index contributed by atoms with van der Waals surface area (Å²) in [6.45, 7) is 2.74. The van der Waals surface area contributed by atoms with E-state index in [0.717, 1.165) is 5.56 Å². The van der Waals surface area contributed by atoms with Crippen LogP contribution in [-0.2, 0) is 6.54 Å². The smallest absolute Gasteiger partial charge is 0.165 e. The highest BCUT2D eigenvalue weighted by atomic mass is 32.1. The molecule has 0 bridgehead atoms. The summed E-state index contributed by atoms with van der Waals surface area (Å²) in [5.74, 6) is -0.0374. The lowest BCUT2D eigenvalue weighted by molar-refractivity contribution is 0.386. The molecule has 0 amide bonds. The van der Waals surface area contributed by atoms with Crippen molar-refractivity contribution in [3.05, 3.63) is 52.0 Å². The molecule has 96 valence electrons. The van der Waals surface area contributed by atoms with E-state index in [1.807, 2.05) is 6.07 Å². The number of halogens is 1. The van der Waals surface area contributed by atoms with E-state index in [9.17, 15) is 4.39 Å². The van der Waals surface area contributed by atoms with Crippen LogP contribution < -0.4 is 10.1 Å². The van der Waals surface area contributed by atoms with Gasteiger partial charge in [-0.2, -0.15) is 11.3 Å². The van der Waals surface area contributed by atoms with Crippen molar-refractivity contribution < 1.29 is 9.13 Å². The Morgan fingerprint density at radius 3 is 2.83 bits per heavy atom. The number of rotatable bonds is 5. The molecule has 2 aromatic rings. The SMILES string of the molecule is COc1ccc(CNC(C)c2ccsc2)cc1F. The maximum Gasteiger partial charge on any atom is 0.165 e. The van der Waals surface area contributed by atoms with Crippen LogP contribution in [0.5, 0.6) is 5.75 Å². The van der Waals surface area contributed by atoms with Gasteiger partial charge in [0.15, 0.2) is 11.6 Å². The molecule has 1 atom stereocenters. The Labute approximate surface area is 110 Å². The van der Waals surface area contributed by atoms with Crippen LogP contribution in [0.2, 0.25) is 0 Å². The number of thiophene rings is 1. The third kappa shape index (κ3) is 3.09. The summed E-state index contributed by atoms with van der Waals surface area (Å²) in [6, 6.07) is 7.39. The van der Waals surface area contributed by atoms with Gasteiger partial charge in [-0.15, -0.1) is 0 Å². The Hall–Kier alpha value is -1.39. The molecule has 4 heteroatoms. The maximum atomic E-state index is 13.5. The van der Waals surface area contributed by atoms with Crippen molar-refractivity contribution in [2.75, 3.05) is 7.11 Å². The third-order valence-electron chi connectivity index (χ3n) is 2.87. The number of hydrogen-bond acceptors (Lipinski definition) is 3. The van der Waals surface area contributed by atoms with Crippen LogP contribution in [0.1, 0.15) is 24.1 Å². The highest BCUT2D eigenvalue weighted by Gasteiger charge is 2.07. The summed E-state index contributed by atoms with van der Waals surface area (Å²) in [5.41, 5.74) is 2.17. The summed E-state index contributed by atoms with van der Waals surface area (Å²) < 4.78 is 18.4. The molecule has 1 heterocycles. The molecule has 1 unspecified atom stereocenters. The molecule has 0 fully saturated rings. The Morgan fingerprint density at radius 1 is 1.39 bits per heavy atom. The van der Waals surface area contributed by atoms with Gasteiger partial charge < -0.3 is 10.1 Å². The minimum Gasteiger partial charge on any atom is -0.494 e. The minimum absolute atomic E-state index is 0.265. The van der Waals surface area contributed by atoms with Crippen molar-refractivity contribution in [3.63, 3.8) is 0 Å². The molecule has 0 saturated heterocycles. The fourth-order valence-electron chi connectivity index (χ4n) is 1.73. The average molecular weight is 265 g/mol. The van der Waals surface area contributed by atoms with E-state index in [0.29, 0.717) is 6.54 Å². The summed E-state index contributed by atoms with van der Waals surface area (Å²) >= 11 is 1.68. The van der Waals surface area contributed by atoms with E-state index in [1.165, 1.54) is 18.7 Å². The fraction of sp³-hybridized carbons (Fsp3) is 0.286. The fourth-order valence-corrected chi connectivity index (χ4v) is 2.48. The highest BCUT2D eigenvalue weighted by molar-refractivity contribution is 7.07. The van der Waals surface area contributed by atoms with Crippen LogP contribution in [0.15, 0.2) is 35.0 Å². The Balaban J connectivity index is 1.96. The minimum atomic E-state index is -0.319. The molecule has 1 N–H and O–H groups in total. The molecule has 0 aliphatic carbocycles. The lowest BCUT2D eigenvalue weighted by atomic mass is 10.1. The molecule has 0 radical (unpaired) electrons. The van der Waals surface area contributed by atoms with Crippen LogP contribution in [-0.4, -0.2) is 7.11 Å². The first kappa shape index (κ1) is 13.1. The first-order chi connectivity index (χ1) is 8.70. The molecular weight excluding hydrogens is 249 g/mol. The first-order valence-corrected chi connectivity index (χ1v) is 6.73. The summed E-state index contributed by atoms with van der Waals surface area (Å²) in [7, 11) is 1.47. The summed E-state index contributed by atoms with van der Waals surface area (Å²) in [4.78, 5) is 0. The third-order valence-corrected chi connectivity index (χ3v) is 3.57. The topological polar surface area (TPSA) is 21.3 Å². The Morgan fingerprint density at radius 2 is 2.22 bits per heavy atom. The van der Waals surface area contributed by atoms with Gasteiger partial charge in [0.25, 0.3) is 0 Å². The predicted octanol–water partition coefficient (Wildman–Crippen LogP) is 3.75. The molecule has 18 heavy (non-hydrogen) atoms. The average Bonchev–Trinajstić information content (AvgIpc) is 2.90. The van der Waals surface area contributed by atoms with Crippen molar-refractivity contribution in [3.8, 4) is 5.75 Å². The maximum absolute atomic E-state index is 13.5. The van der Waals surface area contributed by atoms with Crippen molar-refractivity contribution in [2.24, 2.45) is 0 Å². The largest absolute Gasteiger partial charge is 0.494 e. The van der Waals surface area contributed by atoms with Crippen LogP contribution >= 0.6 is 11.3 Å². The zero-order chi connectivity index (χ0) is 13.0. The van der Waals surface area contributed by atoms with Gasteiger partial charge in [0.2, 0.25) is 0 Å². The zero-order valence-corrected chi connectivity index (χ0v) is 11.3. The lowest BCUT2D eigenvalue weighted by Crippen LogP contribution is -2.17. The molecule has 0 aliphatic rings. The van der Waals surface area contributed by atoms with Crippen molar-refractivity contribution in [2.45, 2.75) is 19.5 Å². The number of nitrogens with one attached hydrogen (secondary N) is 1. The van der Waals surface area contributed by atoms with Crippen LogP contribution in [0, 0.1) is 5.82 Å². The molecule has 0 aliphatic heterocycles. The van der Waals surface area contributed by atoms with Gasteiger partial charge >= 0.3 is 0 Å². The predicted molar refractivity (Wildman–Crippen MR) is 72.5 cm³/mol. The van der Waals surface area contributed by atoms with Crippen molar-refractivity contribution >= 4 is 11.3 Å². The second kappa shape index (κ2) is 5.98. The van der Waals surface area contributed by atoms with Gasteiger partial charge in [0.1, 0.15) is 0 Å². The van der Waals surface area contributed by atoms with Crippen molar-refractivity contribution in [1.29, 1.82) is 0 Å². The standard InChI is InChI=1S/C14H16FNOS/c1-10(12-5-6-18-9-12)16-8-11-3-4-14(17-2)13(15)7-11/h3-7,9-10,16H,8H2,1-2H3. The van der Waals surface area contributed by atoms with E-state index < -0.39 is 0 Å². The molecule has 2 rings (SSSR count). The Kier molecular flexibility index (Phi) is 4.33. The molecule has 2 nitrogen and oxygen atoms in total. The highest BCUT2D eigenvalue weighted by Crippen LogP contribution is 2.19. The van der Waals surface area contributed by atoms with E-state index in [4.69, 9.17) is 4.74 Å². The van der Waals surface area contributed by atoms with E-state index in [-0.39, 0.29) is 17.6 Å². The normalized spacial score (nSPS) is 12.4. The van der Waals surface area contributed by atoms with Gasteiger partial charge in [0, 0.05) is 12.6 Å². The van der Waals surface area contributed by atoms with Crippen molar-refractivity contribution in [1.82, 2.24) is 5.32 Å². The van der Waals surface area contributed by atoms with Gasteiger partial charge in [-0.25, -0.2) is 4.39 Å². The Bertz CT molecular complexity index is 499. The second-order valence-electron chi connectivity index (χ2n) is 4.13. The summed E-state index contributed by atoms with van der Waals surface area (Å²) in [5, 5.41) is 7.54. The summed E-state index contributed by atoms with van der Waals surface area (Å²) in [6.07, 6.45) is 0. The monoisotopic (exact) mass is 265 g/mol. The van der Waals surface area contributed by atoms with Gasteiger partial charge in [-0.05, 0) is 47.0 Å². The molecule has 1 aromatic heterocycles. The molecule has 0 saturated carbocycles. The van der Waals surface area contributed by atoms with E-state index in [1.54, 1.807) is 17.4 Å². The second-order valence-corrected chi connectivity index (χ2v) is 4.91. The van der Waals surface area contributed by atoms with E-state index >= 15 is 0 Å². The quantitative estimate of drug-likeness (QED) is 0.889. The van der Waals surface area contributed by atoms with Crippen LogP contribution in [0.25, 0.3) is 0 Å². The number of methoxy groups -OCH3 is 1. The first-order valence-electron chi connectivity index (χ1n) is 5.78. The molecule has 1 aromatic carbocycles. The molecule has 0 spiro atoms. The zero-order valence-electron chi connectivity index (χ0n) is 10.4. The number of ether oxygens (including phenoxy) is 1. The lowest BCUT2D eigenvalue weighted by Gasteiger charge is -2.13. The number of hydrogen-bond donors (Lipinski definition) is 1. The molecular formula is C14H16FNOS. The van der Waals surface area contributed by atoms with Crippen LogP contribution in [0.4, 0.5) is 4.39 Å². The van der Waals surface area contributed by atoms with Gasteiger partial charge in [-0.1, -0.05) is 6.07 Å². The van der Waals surface area contributed by atoms with Crippen LogP contribution in [0.3, 0.4) is 0 Å².